The van der Waals surface area contributed by atoms with Crippen LogP contribution in [0.25, 0.3) is 16.1 Å². The maximum Gasteiger partial charge on any atom is 0.270 e. The Labute approximate surface area is 136 Å². The van der Waals surface area contributed by atoms with Gasteiger partial charge in [-0.2, -0.15) is 5.10 Å². The van der Waals surface area contributed by atoms with Crippen molar-refractivity contribution >= 4 is 11.7 Å². The molecule has 2 aromatic carbocycles. The van der Waals surface area contributed by atoms with Crippen LogP contribution in [-0.4, -0.2) is 21.5 Å². The van der Waals surface area contributed by atoms with E-state index in [2.05, 4.69) is 15.1 Å². The van der Waals surface area contributed by atoms with E-state index in [1.165, 1.54) is 10.9 Å². The molecule has 116 valence electrons. The Morgan fingerprint density at radius 1 is 1.00 bits per heavy atom. The zero-order valence-electron chi connectivity index (χ0n) is 12.4. The largest absolute Gasteiger partial charge is 0.288 e. The standard InChI is InChI=1S/C17H11N5O2/c18-21-19-17(24)15-14(16(23)12-7-3-1-4-8-12)11-22(20-15)13-9-5-2-6-10-13/h1-11H. The second kappa shape index (κ2) is 6.60. The van der Waals surface area contributed by atoms with Gasteiger partial charge in [0.2, 0.25) is 0 Å². The van der Waals surface area contributed by atoms with Crippen LogP contribution < -0.4 is 0 Å². The molecule has 0 radical (unpaired) electrons. The summed E-state index contributed by atoms with van der Waals surface area (Å²) in [4.78, 5) is 27.2. The lowest BCUT2D eigenvalue weighted by Crippen LogP contribution is -2.07. The first-order valence-electron chi connectivity index (χ1n) is 7.05. The van der Waals surface area contributed by atoms with Crippen molar-refractivity contribution < 1.29 is 9.59 Å². The summed E-state index contributed by atoms with van der Waals surface area (Å²) in [6.45, 7) is 0. The number of carbonyl (C=O) groups is 2. The normalized spacial score (nSPS) is 10.0. The van der Waals surface area contributed by atoms with Crippen molar-refractivity contribution in [2.45, 2.75) is 0 Å². The van der Waals surface area contributed by atoms with Crippen LogP contribution in [0.15, 0.2) is 72.0 Å². The molecule has 3 aromatic rings. The number of nitrogens with zero attached hydrogens (tertiary/aromatic N) is 5. The summed E-state index contributed by atoms with van der Waals surface area (Å²) in [6, 6.07) is 17.6. The van der Waals surface area contributed by atoms with Crippen LogP contribution in [0.5, 0.6) is 0 Å². The summed E-state index contributed by atoms with van der Waals surface area (Å²) in [5.74, 6) is -1.26. The topological polar surface area (TPSA) is 101 Å². The van der Waals surface area contributed by atoms with Crippen LogP contribution in [0.4, 0.5) is 0 Å². The monoisotopic (exact) mass is 317 g/mol. The summed E-state index contributed by atoms with van der Waals surface area (Å²) in [5, 5.41) is 7.18. The van der Waals surface area contributed by atoms with Crippen molar-refractivity contribution in [1.82, 2.24) is 9.78 Å². The quantitative estimate of drug-likeness (QED) is 0.318. The molecule has 24 heavy (non-hydrogen) atoms. The summed E-state index contributed by atoms with van der Waals surface area (Å²) in [7, 11) is 0. The number of ketones is 1. The predicted octanol–water partition coefficient (Wildman–Crippen LogP) is 3.55. The molecule has 0 aliphatic rings. The smallest absolute Gasteiger partial charge is 0.270 e. The molecule has 7 heteroatoms. The van der Waals surface area contributed by atoms with Gasteiger partial charge in [-0.25, -0.2) is 4.68 Å². The fraction of sp³-hybridized carbons (Fsp3) is 0. The molecular formula is C17H11N5O2. The molecule has 0 aliphatic heterocycles. The van der Waals surface area contributed by atoms with Gasteiger partial charge in [0, 0.05) is 16.7 Å². The Balaban J connectivity index is 2.13. The van der Waals surface area contributed by atoms with E-state index in [1.807, 2.05) is 18.2 Å². The maximum atomic E-state index is 12.7. The van der Waals surface area contributed by atoms with Crippen molar-refractivity contribution in [2.24, 2.45) is 5.11 Å². The molecule has 1 heterocycles. The highest BCUT2D eigenvalue weighted by atomic mass is 16.2. The van der Waals surface area contributed by atoms with Crippen LogP contribution in [0.3, 0.4) is 0 Å². The second-order valence-corrected chi connectivity index (χ2v) is 4.86. The van der Waals surface area contributed by atoms with Crippen molar-refractivity contribution in [3.05, 3.63) is 94.1 Å². The third-order valence-electron chi connectivity index (χ3n) is 3.35. The van der Waals surface area contributed by atoms with Crippen molar-refractivity contribution in [3.63, 3.8) is 0 Å². The molecule has 3 rings (SSSR count). The van der Waals surface area contributed by atoms with Gasteiger partial charge in [0.1, 0.15) is 5.69 Å². The van der Waals surface area contributed by atoms with Gasteiger partial charge in [0.15, 0.2) is 5.78 Å². The van der Waals surface area contributed by atoms with E-state index in [4.69, 9.17) is 5.53 Å². The minimum atomic E-state index is -0.897. The minimum Gasteiger partial charge on any atom is -0.288 e. The Kier molecular flexibility index (Phi) is 4.18. The number of carbonyl (C=O) groups excluding carboxylic acids is 2. The average molecular weight is 317 g/mol. The minimum absolute atomic E-state index is 0.0856. The summed E-state index contributed by atoms with van der Waals surface area (Å²) < 4.78 is 1.41. The van der Waals surface area contributed by atoms with Gasteiger partial charge in [-0.3, -0.25) is 9.59 Å². The number of rotatable bonds is 4. The summed E-state index contributed by atoms with van der Waals surface area (Å²) in [6.07, 6.45) is 1.46. The highest BCUT2D eigenvalue weighted by Gasteiger charge is 2.22. The van der Waals surface area contributed by atoms with E-state index in [1.54, 1.807) is 42.5 Å². The summed E-state index contributed by atoms with van der Waals surface area (Å²) in [5.41, 5.74) is 9.49. The van der Waals surface area contributed by atoms with Gasteiger partial charge in [-0.1, -0.05) is 48.5 Å². The van der Waals surface area contributed by atoms with Crippen molar-refractivity contribution in [1.29, 1.82) is 0 Å². The van der Waals surface area contributed by atoms with Crippen molar-refractivity contribution in [3.8, 4) is 5.69 Å². The predicted molar refractivity (Wildman–Crippen MR) is 86.9 cm³/mol. The SMILES string of the molecule is [N-]=[N+]=NC(=O)c1nn(-c2ccccc2)cc1C(=O)c1ccccc1. The Hall–Kier alpha value is -3.70. The average Bonchev–Trinajstić information content (AvgIpc) is 3.08. The highest BCUT2D eigenvalue weighted by molar-refractivity contribution is 6.14. The van der Waals surface area contributed by atoms with Crippen molar-refractivity contribution in [2.75, 3.05) is 0 Å². The first kappa shape index (κ1) is 15.2. The van der Waals surface area contributed by atoms with E-state index >= 15 is 0 Å². The lowest BCUT2D eigenvalue weighted by molar-refractivity contribution is 0.0977. The van der Waals surface area contributed by atoms with Crippen LogP contribution >= 0.6 is 0 Å². The van der Waals surface area contributed by atoms with Crippen LogP contribution in [0.1, 0.15) is 26.4 Å². The number of benzene rings is 2. The van der Waals surface area contributed by atoms with E-state index in [9.17, 15) is 9.59 Å². The molecule has 7 nitrogen and oxygen atoms in total. The molecule has 0 bridgehead atoms. The number of hydrogen-bond acceptors (Lipinski definition) is 3. The van der Waals surface area contributed by atoms with Gasteiger partial charge >= 0.3 is 0 Å². The molecule has 1 amide bonds. The Morgan fingerprint density at radius 2 is 1.62 bits per heavy atom. The zero-order chi connectivity index (χ0) is 16.9. The second-order valence-electron chi connectivity index (χ2n) is 4.86. The fourth-order valence-electron chi connectivity index (χ4n) is 2.24. The van der Waals surface area contributed by atoms with Crippen LogP contribution in [0, 0.1) is 0 Å². The third-order valence-corrected chi connectivity index (χ3v) is 3.35. The molecular weight excluding hydrogens is 306 g/mol. The first-order chi connectivity index (χ1) is 11.7. The molecule has 0 N–H and O–H groups in total. The Morgan fingerprint density at radius 3 is 2.25 bits per heavy atom. The van der Waals surface area contributed by atoms with Gasteiger partial charge < -0.3 is 0 Å². The van der Waals surface area contributed by atoms with Gasteiger partial charge in [0.25, 0.3) is 5.91 Å². The van der Waals surface area contributed by atoms with E-state index in [0.29, 0.717) is 11.3 Å². The third kappa shape index (κ3) is 2.92. The number of amides is 1. The molecule has 0 fully saturated rings. The Bertz CT molecular complexity index is 942. The molecule has 0 unspecified atom stereocenters. The number of azide groups is 1. The molecule has 0 aliphatic carbocycles. The number of hydrogen-bond donors (Lipinski definition) is 0. The van der Waals surface area contributed by atoms with E-state index in [0.717, 1.165) is 0 Å². The van der Waals surface area contributed by atoms with Crippen LogP contribution in [-0.2, 0) is 0 Å². The zero-order valence-corrected chi connectivity index (χ0v) is 12.4. The summed E-state index contributed by atoms with van der Waals surface area (Å²) >= 11 is 0. The number of para-hydroxylation sites is 1. The molecule has 1 aromatic heterocycles. The maximum absolute atomic E-state index is 12.7. The van der Waals surface area contributed by atoms with Gasteiger partial charge in [-0.15, -0.1) is 0 Å². The molecule has 0 saturated carbocycles. The number of aromatic nitrogens is 2. The van der Waals surface area contributed by atoms with E-state index < -0.39 is 5.91 Å². The molecule has 0 spiro atoms. The van der Waals surface area contributed by atoms with Gasteiger partial charge in [0.05, 0.1) is 11.3 Å². The van der Waals surface area contributed by atoms with E-state index in [-0.39, 0.29) is 17.0 Å². The molecule has 0 saturated heterocycles. The highest BCUT2D eigenvalue weighted by Crippen LogP contribution is 2.17. The van der Waals surface area contributed by atoms with Gasteiger partial charge in [-0.05, 0) is 22.8 Å². The molecule has 0 atom stereocenters. The first-order valence-corrected chi connectivity index (χ1v) is 7.05. The fourth-order valence-corrected chi connectivity index (χ4v) is 2.24. The lowest BCUT2D eigenvalue weighted by Gasteiger charge is -1.99. The van der Waals surface area contributed by atoms with Crippen LogP contribution in [0.2, 0.25) is 0 Å². The lowest BCUT2D eigenvalue weighted by atomic mass is 10.0.